The number of hydrogen-bond donors (Lipinski definition) is 2. The first kappa shape index (κ1) is 12.9. The van der Waals surface area contributed by atoms with Crippen molar-refractivity contribution in [1.29, 1.82) is 0 Å². The summed E-state index contributed by atoms with van der Waals surface area (Å²) in [6.45, 7) is 4.26. The van der Waals surface area contributed by atoms with E-state index < -0.39 is 0 Å². The molecule has 0 radical (unpaired) electrons. The zero-order chi connectivity index (χ0) is 10.1. The van der Waals surface area contributed by atoms with Crippen LogP contribution in [0.5, 0.6) is 0 Å². The highest BCUT2D eigenvalue weighted by molar-refractivity contribution is 4.61. The maximum Gasteiger partial charge on any atom is 0.00387 e. The molecule has 2 heteroatoms. The van der Waals surface area contributed by atoms with Gasteiger partial charge in [-0.15, -0.1) is 0 Å². The van der Waals surface area contributed by atoms with Crippen molar-refractivity contribution in [1.82, 2.24) is 0 Å². The summed E-state index contributed by atoms with van der Waals surface area (Å²) in [7, 11) is 0. The summed E-state index contributed by atoms with van der Waals surface area (Å²) in [6, 6.07) is 0.796. The minimum Gasteiger partial charge on any atom is -0.328 e. The van der Waals surface area contributed by atoms with E-state index in [4.69, 9.17) is 11.5 Å². The molecule has 0 amide bonds. The van der Waals surface area contributed by atoms with Crippen molar-refractivity contribution in [3.8, 4) is 0 Å². The van der Waals surface area contributed by atoms with Crippen molar-refractivity contribution < 1.29 is 0 Å². The van der Waals surface area contributed by atoms with Crippen LogP contribution in [0.25, 0.3) is 0 Å². The van der Waals surface area contributed by atoms with Gasteiger partial charge in [-0.25, -0.2) is 0 Å². The summed E-state index contributed by atoms with van der Waals surface area (Å²) in [4.78, 5) is 0. The Morgan fingerprint density at radius 1 is 0.923 bits per heavy atom. The molecule has 2 atom stereocenters. The van der Waals surface area contributed by atoms with Gasteiger partial charge in [0.25, 0.3) is 0 Å². The van der Waals surface area contributed by atoms with Gasteiger partial charge in [0.05, 0.1) is 0 Å². The lowest BCUT2D eigenvalue weighted by atomic mass is 10.0. The Kier molecular flexibility index (Phi) is 8.46. The van der Waals surface area contributed by atoms with Crippen molar-refractivity contribution in [3.63, 3.8) is 0 Å². The molecule has 0 aromatic heterocycles. The van der Waals surface area contributed by atoms with Gasteiger partial charge in [0.1, 0.15) is 0 Å². The Hall–Kier alpha value is -0.0800. The first-order valence-corrected chi connectivity index (χ1v) is 5.68. The SMILES string of the molecule is CCCC(N)CCCCCC(C)N. The van der Waals surface area contributed by atoms with Crippen molar-refractivity contribution >= 4 is 0 Å². The molecule has 0 aliphatic rings. The molecule has 0 heterocycles. The number of rotatable bonds is 8. The molecular formula is C11H26N2. The van der Waals surface area contributed by atoms with Crippen molar-refractivity contribution in [2.24, 2.45) is 11.5 Å². The van der Waals surface area contributed by atoms with Crippen molar-refractivity contribution in [2.75, 3.05) is 0 Å². The van der Waals surface area contributed by atoms with Crippen molar-refractivity contribution in [3.05, 3.63) is 0 Å². The van der Waals surface area contributed by atoms with Gasteiger partial charge in [0.15, 0.2) is 0 Å². The largest absolute Gasteiger partial charge is 0.328 e. The number of hydrogen-bond acceptors (Lipinski definition) is 2. The van der Waals surface area contributed by atoms with E-state index in [0.717, 1.165) is 6.42 Å². The maximum absolute atomic E-state index is 5.90. The average molecular weight is 186 g/mol. The number of unbranched alkanes of at least 4 members (excludes halogenated alkanes) is 2. The third-order valence-electron chi connectivity index (χ3n) is 2.39. The van der Waals surface area contributed by atoms with E-state index in [-0.39, 0.29) is 0 Å². The molecule has 0 aromatic carbocycles. The van der Waals surface area contributed by atoms with E-state index in [1.54, 1.807) is 0 Å². The van der Waals surface area contributed by atoms with Crippen LogP contribution in [0, 0.1) is 0 Å². The first-order valence-electron chi connectivity index (χ1n) is 5.68. The molecule has 0 aliphatic heterocycles. The summed E-state index contributed by atoms with van der Waals surface area (Å²) in [5, 5.41) is 0. The molecule has 2 nitrogen and oxygen atoms in total. The van der Waals surface area contributed by atoms with E-state index in [1.807, 2.05) is 0 Å². The van der Waals surface area contributed by atoms with Gasteiger partial charge in [0, 0.05) is 12.1 Å². The maximum atomic E-state index is 5.90. The summed E-state index contributed by atoms with van der Waals surface area (Å²) in [5.74, 6) is 0. The summed E-state index contributed by atoms with van der Waals surface area (Å²) in [6.07, 6.45) is 8.55. The predicted molar refractivity (Wildman–Crippen MR) is 59.6 cm³/mol. The highest BCUT2D eigenvalue weighted by atomic mass is 14.6. The second-order valence-electron chi connectivity index (χ2n) is 4.16. The minimum atomic E-state index is 0.365. The molecule has 0 fully saturated rings. The Morgan fingerprint density at radius 2 is 1.54 bits per heavy atom. The fourth-order valence-electron chi connectivity index (χ4n) is 1.56. The van der Waals surface area contributed by atoms with E-state index in [0.29, 0.717) is 12.1 Å². The second-order valence-corrected chi connectivity index (χ2v) is 4.16. The normalized spacial score (nSPS) is 15.7. The summed E-state index contributed by atoms with van der Waals surface area (Å²) < 4.78 is 0. The third-order valence-corrected chi connectivity index (χ3v) is 2.39. The van der Waals surface area contributed by atoms with E-state index >= 15 is 0 Å². The molecule has 0 saturated heterocycles. The fraction of sp³-hybridized carbons (Fsp3) is 1.00. The summed E-state index contributed by atoms with van der Waals surface area (Å²) in [5.41, 5.74) is 11.6. The lowest BCUT2D eigenvalue weighted by Crippen LogP contribution is -2.19. The van der Waals surface area contributed by atoms with Crippen LogP contribution in [0.3, 0.4) is 0 Å². The predicted octanol–water partition coefficient (Wildman–Crippen LogP) is 2.41. The van der Waals surface area contributed by atoms with Crippen LogP contribution in [0.15, 0.2) is 0 Å². The molecule has 0 aliphatic carbocycles. The topological polar surface area (TPSA) is 52.0 Å². The van der Waals surface area contributed by atoms with Gasteiger partial charge >= 0.3 is 0 Å². The van der Waals surface area contributed by atoms with Crippen LogP contribution in [0.1, 0.15) is 58.8 Å². The van der Waals surface area contributed by atoms with Gasteiger partial charge in [-0.05, 0) is 26.2 Å². The van der Waals surface area contributed by atoms with Gasteiger partial charge in [-0.3, -0.25) is 0 Å². The average Bonchev–Trinajstić information content (AvgIpc) is 2.03. The monoisotopic (exact) mass is 186 g/mol. The van der Waals surface area contributed by atoms with Crippen LogP contribution in [-0.2, 0) is 0 Å². The zero-order valence-corrected chi connectivity index (χ0v) is 9.26. The molecule has 13 heavy (non-hydrogen) atoms. The Balaban J connectivity index is 3.06. The third kappa shape index (κ3) is 9.84. The highest BCUT2D eigenvalue weighted by Gasteiger charge is 2.00. The molecule has 0 spiro atoms. The van der Waals surface area contributed by atoms with E-state index in [1.165, 1.54) is 38.5 Å². The lowest BCUT2D eigenvalue weighted by Gasteiger charge is -2.09. The smallest absolute Gasteiger partial charge is 0.00387 e. The zero-order valence-electron chi connectivity index (χ0n) is 9.26. The standard InChI is InChI=1S/C11H26N2/c1-3-7-11(13)9-6-4-5-8-10(2)12/h10-11H,3-9,12-13H2,1-2H3. The molecule has 80 valence electrons. The number of nitrogens with two attached hydrogens (primary N) is 2. The van der Waals surface area contributed by atoms with Gasteiger partial charge < -0.3 is 11.5 Å². The van der Waals surface area contributed by atoms with Gasteiger partial charge in [-0.2, -0.15) is 0 Å². The molecular weight excluding hydrogens is 160 g/mol. The molecule has 2 unspecified atom stereocenters. The quantitative estimate of drug-likeness (QED) is 0.572. The van der Waals surface area contributed by atoms with Gasteiger partial charge in [0.2, 0.25) is 0 Å². The van der Waals surface area contributed by atoms with Crippen LogP contribution in [-0.4, -0.2) is 12.1 Å². The molecule has 4 N–H and O–H groups in total. The van der Waals surface area contributed by atoms with E-state index in [9.17, 15) is 0 Å². The van der Waals surface area contributed by atoms with Crippen LogP contribution < -0.4 is 11.5 Å². The Bertz CT molecular complexity index is 102. The van der Waals surface area contributed by atoms with Crippen LogP contribution >= 0.6 is 0 Å². The molecule has 0 saturated carbocycles. The first-order chi connectivity index (χ1) is 6.16. The summed E-state index contributed by atoms with van der Waals surface area (Å²) >= 11 is 0. The minimum absolute atomic E-state index is 0.365. The molecule has 0 aromatic rings. The highest BCUT2D eigenvalue weighted by Crippen LogP contribution is 2.08. The Morgan fingerprint density at radius 3 is 2.08 bits per heavy atom. The fourth-order valence-corrected chi connectivity index (χ4v) is 1.56. The lowest BCUT2D eigenvalue weighted by molar-refractivity contribution is 0.503. The van der Waals surface area contributed by atoms with Gasteiger partial charge in [-0.1, -0.05) is 32.6 Å². The Labute approximate surface area is 83.1 Å². The second kappa shape index (κ2) is 8.52. The van der Waals surface area contributed by atoms with Crippen molar-refractivity contribution in [2.45, 2.75) is 70.9 Å². The molecule has 0 rings (SSSR count). The van der Waals surface area contributed by atoms with Crippen LogP contribution in [0.2, 0.25) is 0 Å². The molecule has 0 bridgehead atoms. The van der Waals surface area contributed by atoms with E-state index in [2.05, 4.69) is 13.8 Å². The van der Waals surface area contributed by atoms with Crippen LogP contribution in [0.4, 0.5) is 0 Å².